The van der Waals surface area contributed by atoms with E-state index in [1.807, 2.05) is 37.3 Å². The minimum atomic E-state index is -1.28. The van der Waals surface area contributed by atoms with Crippen molar-refractivity contribution in [2.24, 2.45) is 5.73 Å². The maximum absolute atomic E-state index is 11.9. The molecular weight excluding hydrogens is 244 g/mol. The van der Waals surface area contributed by atoms with Gasteiger partial charge >= 0.3 is 5.97 Å². The van der Waals surface area contributed by atoms with Crippen LogP contribution in [0.2, 0.25) is 0 Å². The van der Waals surface area contributed by atoms with Crippen molar-refractivity contribution < 1.29 is 14.3 Å². The SMILES string of the molecule is CCOC(=O)C(N)C(=O)NC(CC)c1ccccc1. The lowest BCUT2D eigenvalue weighted by Crippen LogP contribution is -2.47. The molecule has 2 unspecified atom stereocenters. The molecule has 1 amide bonds. The van der Waals surface area contributed by atoms with Crippen molar-refractivity contribution >= 4 is 11.9 Å². The Bertz CT molecular complexity index is 420. The third kappa shape index (κ3) is 4.37. The van der Waals surface area contributed by atoms with E-state index in [0.29, 0.717) is 6.42 Å². The van der Waals surface area contributed by atoms with E-state index >= 15 is 0 Å². The lowest BCUT2D eigenvalue weighted by molar-refractivity contribution is -0.148. The molecule has 19 heavy (non-hydrogen) atoms. The Kier molecular flexibility index (Phi) is 6.02. The molecule has 0 heterocycles. The summed E-state index contributed by atoms with van der Waals surface area (Å²) in [4.78, 5) is 23.2. The van der Waals surface area contributed by atoms with E-state index in [9.17, 15) is 9.59 Å². The summed E-state index contributed by atoms with van der Waals surface area (Å²) < 4.78 is 4.72. The molecule has 0 aliphatic carbocycles. The van der Waals surface area contributed by atoms with Crippen LogP contribution in [-0.4, -0.2) is 24.5 Å². The van der Waals surface area contributed by atoms with Gasteiger partial charge in [-0.15, -0.1) is 0 Å². The molecule has 0 radical (unpaired) electrons. The van der Waals surface area contributed by atoms with Crippen molar-refractivity contribution in [2.45, 2.75) is 32.4 Å². The van der Waals surface area contributed by atoms with Crippen molar-refractivity contribution in [3.05, 3.63) is 35.9 Å². The van der Waals surface area contributed by atoms with Gasteiger partial charge in [-0.2, -0.15) is 0 Å². The van der Waals surface area contributed by atoms with Crippen LogP contribution in [0.25, 0.3) is 0 Å². The van der Waals surface area contributed by atoms with Crippen molar-refractivity contribution in [1.29, 1.82) is 0 Å². The summed E-state index contributed by atoms with van der Waals surface area (Å²) in [7, 11) is 0. The Balaban J connectivity index is 2.66. The van der Waals surface area contributed by atoms with Gasteiger partial charge in [0.25, 0.3) is 0 Å². The van der Waals surface area contributed by atoms with Gasteiger partial charge in [0.1, 0.15) is 0 Å². The number of hydrogen-bond acceptors (Lipinski definition) is 4. The number of hydrogen-bond donors (Lipinski definition) is 2. The van der Waals surface area contributed by atoms with E-state index in [0.717, 1.165) is 5.56 Å². The third-order valence-electron chi connectivity index (χ3n) is 2.75. The van der Waals surface area contributed by atoms with Gasteiger partial charge in [-0.1, -0.05) is 37.3 Å². The zero-order valence-electron chi connectivity index (χ0n) is 11.3. The topological polar surface area (TPSA) is 81.4 Å². The van der Waals surface area contributed by atoms with Crippen molar-refractivity contribution in [3.8, 4) is 0 Å². The van der Waals surface area contributed by atoms with Crippen LogP contribution in [-0.2, 0) is 14.3 Å². The minimum Gasteiger partial charge on any atom is -0.464 e. The molecule has 0 aromatic heterocycles. The second-order valence-electron chi connectivity index (χ2n) is 4.11. The largest absolute Gasteiger partial charge is 0.464 e. The Hall–Kier alpha value is -1.88. The fraction of sp³-hybridized carbons (Fsp3) is 0.429. The van der Waals surface area contributed by atoms with E-state index < -0.39 is 17.9 Å². The van der Waals surface area contributed by atoms with E-state index in [2.05, 4.69) is 5.32 Å². The van der Waals surface area contributed by atoms with Gasteiger partial charge in [-0.05, 0) is 18.9 Å². The number of ether oxygens (including phenoxy) is 1. The fourth-order valence-corrected chi connectivity index (χ4v) is 1.71. The molecule has 5 nitrogen and oxygen atoms in total. The molecule has 0 bridgehead atoms. The highest BCUT2D eigenvalue weighted by molar-refractivity contribution is 6.01. The summed E-state index contributed by atoms with van der Waals surface area (Å²) in [5.74, 6) is -1.22. The Labute approximate surface area is 113 Å². The van der Waals surface area contributed by atoms with Crippen molar-refractivity contribution in [3.63, 3.8) is 0 Å². The molecule has 2 atom stereocenters. The van der Waals surface area contributed by atoms with Crippen LogP contribution >= 0.6 is 0 Å². The Morgan fingerprint density at radius 1 is 1.26 bits per heavy atom. The van der Waals surface area contributed by atoms with E-state index in [1.54, 1.807) is 6.92 Å². The quantitative estimate of drug-likeness (QED) is 0.596. The molecule has 104 valence electrons. The number of nitrogens with two attached hydrogens (primary N) is 1. The van der Waals surface area contributed by atoms with Gasteiger partial charge in [0, 0.05) is 0 Å². The highest BCUT2D eigenvalue weighted by Gasteiger charge is 2.25. The number of amides is 1. The Morgan fingerprint density at radius 3 is 2.42 bits per heavy atom. The van der Waals surface area contributed by atoms with Crippen LogP contribution in [0.4, 0.5) is 0 Å². The van der Waals surface area contributed by atoms with Gasteiger partial charge in [-0.25, -0.2) is 4.79 Å². The van der Waals surface area contributed by atoms with Crippen LogP contribution in [0.5, 0.6) is 0 Å². The van der Waals surface area contributed by atoms with Gasteiger partial charge in [0.05, 0.1) is 12.6 Å². The molecule has 3 N–H and O–H groups in total. The monoisotopic (exact) mass is 264 g/mol. The first-order valence-electron chi connectivity index (χ1n) is 6.37. The van der Waals surface area contributed by atoms with Crippen LogP contribution in [0.15, 0.2) is 30.3 Å². The summed E-state index contributed by atoms with van der Waals surface area (Å²) in [6.07, 6.45) is 0.714. The summed E-state index contributed by atoms with van der Waals surface area (Å²) in [6, 6.07) is 8.11. The van der Waals surface area contributed by atoms with Crippen LogP contribution in [0.1, 0.15) is 31.9 Å². The zero-order valence-corrected chi connectivity index (χ0v) is 11.3. The molecule has 0 aliphatic rings. The minimum absolute atomic E-state index is 0.158. The Morgan fingerprint density at radius 2 is 1.89 bits per heavy atom. The van der Waals surface area contributed by atoms with E-state index in [1.165, 1.54) is 0 Å². The summed E-state index contributed by atoms with van der Waals surface area (Å²) in [6.45, 7) is 3.82. The average Bonchev–Trinajstić information content (AvgIpc) is 2.44. The first-order chi connectivity index (χ1) is 9.10. The average molecular weight is 264 g/mol. The van der Waals surface area contributed by atoms with Gasteiger partial charge in [0.15, 0.2) is 6.04 Å². The zero-order chi connectivity index (χ0) is 14.3. The van der Waals surface area contributed by atoms with Gasteiger partial charge in [0.2, 0.25) is 5.91 Å². The maximum Gasteiger partial charge on any atom is 0.332 e. The van der Waals surface area contributed by atoms with Crippen LogP contribution in [0, 0.1) is 0 Å². The number of carbonyl (C=O) groups excluding carboxylic acids is 2. The standard InChI is InChI=1S/C14H20N2O3/c1-3-11(10-8-6-5-7-9-10)16-13(17)12(15)14(18)19-4-2/h5-9,11-12H,3-4,15H2,1-2H3,(H,16,17). The smallest absolute Gasteiger partial charge is 0.332 e. The molecular formula is C14H20N2O3. The number of carbonyl (C=O) groups is 2. The molecule has 0 aliphatic heterocycles. The van der Waals surface area contributed by atoms with Crippen LogP contribution < -0.4 is 11.1 Å². The van der Waals surface area contributed by atoms with Crippen molar-refractivity contribution in [1.82, 2.24) is 5.32 Å². The molecule has 0 saturated heterocycles. The highest BCUT2D eigenvalue weighted by Crippen LogP contribution is 2.15. The van der Waals surface area contributed by atoms with Crippen LogP contribution in [0.3, 0.4) is 0 Å². The normalized spacial score (nSPS) is 13.4. The number of esters is 1. The first-order valence-corrected chi connectivity index (χ1v) is 6.37. The predicted octanol–water partition coefficient (Wildman–Crippen LogP) is 1.14. The lowest BCUT2D eigenvalue weighted by Gasteiger charge is -2.19. The summed E-state index contributed by atoms with van der Waals surface area (Å²) >= 11 is 0. The van der Waals surface area contributed by atoms with E-state index in [-0.39, 0.29) is 12.6 Å². The van der Waals surface area contributed by atoms with Gasteiger partial charge in [-0.3, -0.25) is 4.79 Å². The molecule has 0 saturated carbocycles. The molecule has 1 rings (SSSR count). The summed E-state index contributed by atoms with van der Waals surface area (Å²) in [5.41, 5.74) is 6.52. The molecule has 0 spiro atoms. The number of nitrogens with one attached hydrogen (secondary N) is 1. The predicted molar refractivity (Wildman–Crippen MR) is 72.2 cm³/mol. The maximum atomic E-state index is 11.9. The second kappa shape index (κ2) is 7.53. The molecule has 0 fully saturated rings. The first kappa shape index (κ1) is 15.2. The molecule has 1 aromatic rings. The lowest BCUT2D eigenvalue weighted by atomic mass is 10.0. The molecule has 5 heteroatoms. The third-order valence-corrected chi connectivity index (χ3v) is 2.75. The van der Waals surface area contributed by atoms with Gasteiger partial charge < -0.3 is 15.8 Å². The summed E-state index contributed by atoms with van der Waals surface area (Å²) in [5, 5.41) is 2.76. The highest BCUT2D eigenvalue weighted by atomic mass is 16.5. The van der Waals surface area contributed by atoms with Crippen molar-refractivity contribution in [2.75, 3.05) is 6.61 Å². The fourth-order valence-electron chi connectivity index (χ4n) is 1.71. The second-order valence-corrected chi connectivity index (χ2v) is 4.11. The number of rotatable bonds is 6. The number of benzene rings is 1. The van der Waals surface area contributed by atoms with E-state index in [4.69, 9.17) is 10.5 Å². The molecule has 1 aromatic carbocycles.